The van der Waals surface area contributed by atoms with Crippen LogP contribution >= 0.6 is 11.8 Å². The second kappa shape index (κ2) is 11.3. The topological polar surface area (TPSA) is 96.7 Å². The first kappa shape index (κ1) is 26.9. The van der Waals surface area contributed by atoms with Gasteiger partial charge in [0.1, 0.15) is 17.4 Å². The summed E-state index contributed by atoms with van der Waals surface area (Å²) in [5, 5.41) is 0.406. The van der Waals surface area contributed by atoms with Crippen LogP contribution in [0.2, 0.25) is 0 Å². The SMILES string of the molecule is CSc1ccc(C=C2N=C(c3ccccc3)N(c3ccc(C(=O)Nn4c(C)nc5ccccc5c4=O)cc3)C2=O)cc1. The Morgan fingerprint density at radius 2 is 1.55 bits per heavy atom. The number of anilines is 1. The lowest BCUT2D eigenvalue weighted by Gasteiger charge is -2.19. The third kappa shape index (κ3) is 5.13. The summed E-state index contributed by atoms with van der Waals surface area (Å²) in [6.45, 7) is 1.66. The molecule has 5 aromatic rings. The van der Waals surface area contributed by atoms with Gasteiger partial charge in [-0.2, -0.15) is 0 Å². The molecule has 6 rings (SSSR count). The molecule has 0 fully saturated rings. The predicted octanol–water partition coefficient (Wildman–Crippen LogP) is 5.65. The minimum Gasteiger partial charge on any atom is -0.267 e. The molecule has 42 heavy (non-hydrogen) atoms. The van der Waals surface area contributed by atoms with Crippen molar-refractivity contribution in [2.75, 3.05) is 16.6 Å². The number of amidine groups is 1. The highest BCUT2D eigenvalue weighted by atomic mass is 32.2. The number of benzene rings is 4. The maximum absolute atomic E-state index is 13.7. The molecule has 1 aliphatic heterocycles. The van der Waals surface area contributed by atoms with Crippen molar-refractivity contribution < 1.29 is 9.59 Å². The number of hydrogen-bond acceptors (Lipinski definition) is 6. The number of fused-ring (bicyclic) bond motifs is 1. The van der Waals surface area contributed by atoms with Crippen molar-refractivity contribution in [3.05, 3.63) is 142 Å². The molecule has 0 aliphatic carbocycles. The number of carbonyl (C=O) groups excluding carboxylic acids is 2. The Hall–Kier alpha value is -5.28. The van der Waals surface area contributed by atoms with Crippen molar-refractivity contribution in [1.29, 1.82) is 0 Å². The van der Waals surface area contributed by atoms with Crippen LogP contribution in [0.3, 0.4) is 0 Å². The molecule has 1 aromatic heterocycles. The first-order valence-corrected chi connectivity index (χ1v) is 14.4. The lowest BCUT2D eigenvalue weighted by Crippen LogP contribution is -2.35. The summed E-state index contributed by atoms with van der Waals surface area (Å²) in [7, 11) is 0. The van der Waals surface area contributed by atoms with Gasteiger partial charge in [-0.05, 0) is 73.3 Å². The van der Waals surface area contributed by atoms with E-state index in [0.717, 1.165) is 20.7 Å². The van der Waals surface area contributed by atoms with Crippen LogP contribution in [0.25, 0.3) is 17.0 Å². The number of rotatable bonds is 6. The first-order chi connectivity index (χ1) is 20.4. The number of aliphatic imine (C=N–C) groups is 1. The number of para-hydroxylation sites is 1. The van der Waals surface area contributed by atoms with Gasteiger partial charge in [0.05, 0.1) is 16.6 Å². The lowest BCUT2D eigenvalue weighted by atomic mass is 10.1. The second-order valence-corrected chi connectivity index (χ2v) is 10.4. The van der Waals surface area contributed by atoms with E-state index >= 15 is 0 Å². The average molecular weight is 572 g/mol. The molecular formula is C33H25N5O3S. The average Bonchev–Trinajstić information content (AvgIpc) is 3.35. The predicted molar refractivity (Wildman–Crippen MR) is 168 cm³/mol. The van der Waals surface area contributed by atoms with Gasteiger partial charge in [-0.25, -0.2) is 14.7 Å². The van der Waals surface area contributed by atoms with E-state index in [-0.39, 0.29) is 11.5 Å². The summed E-state index contributed by atoms with van der Waals surface area (Å²) < 4.78 is 1.14. The van der Waals surface area contributed by atoms with Gasteiger partial charge >= 0.3 is 0 Å². The fraction of sp³-hybridized carbons (Fsp3) is 0.0606. The number of nitrogens with one attached hydrogen (secondary N) is 1. The molecule has 206 valence electrons. The number of amides is 2. The van der Waals surface area contributed by atoms with Crippen LogP contribution in [0.5, 0.6) is 0 Å². The molecule has 0 bridgehead atoms. The molecule has 0 spiro atoms. The van der Waals surface area contributed by atoms with Gasteiger partial charge in [0.25, 0.3) is 17.4 Å². The maximum Gasteiger partial charge on any atom is 0.282 e. The highest BCUT2D eigenvalue weighted by Crippen LogP contribution is 2.28. The number of aryl methyl sites for hydroxylation is 1. The van der Waals surface area contributed by atoms with Crippen LogP contribution in [-0.4, -0.2) is 33.6 Å². The van der Waals surface area contributed by atoms with Crippen molar-refractivity contribution in [3.63, 3.8) is 0 Å². The molecule has 2 heterocycles. The first-order valence-electron chi connectivity index (χ1n) is 13.2. The molecule has 0 saturated carbocycles. The minimum atomic E-state index is -0.484. The van der Waals surface area contributed by atoms with Crippen molar-refractivity contribution in [2.45, 2.75) is 11.8 Å². The molecule has 0 radical (unpaired) electrons. The zero-order valence-corrected chi connectivity index (χ0v) is 23.6. The van der Waals surface area contributed by atoms with E-state index in [1.165, 1.54) is 0 Å². The van der Waals surface area contributed by atoms with Crippen LogP contribution in [0.4, 0.5) is 5.69 Å². The van der Waals surface area contributed by atoms with Crippen LogP contribution in [0.1, 0.15) is 27.3 Å². The molecule has 9 heteroatoms. The van der Waals surface area contributed by atoms with E-state index in [1.54, 1.807) is 78.2 Å². The molecular weight excluding hydrogens is 546 g/mol. The standard InChI is InChI=1S/C33H25N5O3S/c1-21-34-28-11-7-6-10-27(28)32(40)38(21)36-31(39)24-14-16-25(17-15-24)37-30(23-8-4-3-5-9-23)35-29(33(37)41)20-22-12-18-26(42-2)19-13-22/h3-20H,1-2H3,(H,36,39). The molecule has 2 amide bonds. The van der Waals surface area contributed by atoms with Crippen molar-refractivity contribution in [1.82, 2.24) is 9.66 Å². The van der Waals surface area contributed by atoms with E-state index in [0.29, 0.717) is 39.5 Å². The molecule has 0 atom stereocenters. The summed E-state index contributed by atoms with van der Waals surface area (Å²) in [6, 6.07) is 31.0. The Labute approximate surface area is 246 Å². The van der Waals surface area contributed by atoms with Crippen LogP contribution in [0, 0.1) is 6.92 Å². The highest BCUT2D eigenvalue weighted by Gasteiger charge is 2.32. The number of carbonyl (C=O) groups is 2. The van der Waals surface area contributed by atoms with Gasteiger partial charge < -0.3 is 0 Å². The Balaban J connectivity index is 1.30. The van der Waals surface area contributed by atoms with Gasteiger partial charge in [0.2, 0.25) is 0 Å². The van der Waals surface area contributed by atoms with Crippen molar-refractivity contribution in [3.8, 4) is 0 Å². The zero-order chi connectivity index (χ0) is 29.2. The fourth-order valence-corrected chi connectivity index (χ4v) is 5.11. The maximum atomic E-state index is 13.7. The molecule has 8 nitrogen and oxygen atoms in total. The highest BCUT2D eigenvalue weighted by molar-refractivity contribution is 7.98. The number of hydrogen-bond donors (Lipinski definition) is 1. The third-order valence-corrected chi connectivity index (χ3v) is 7.60. The Bertz CT molecular complexity index is 1950. The van der Waals surface area contributed by atoms with E-state index in [9.17, 15) is 14.4 Å². The van der Waals surface area contributed by atoms with Gasteiger partial charge in [-0.15, -0.1) is 11.8 Å². The Morgan fingerprint density at radius 3 is 2.26 bits per heavy atom. The third-order valence-electron chi connectivity index (χ3n) is 6.86. The summed E-state index contributed by atoms with van der Waals surface area (Å²) in [6.07, 6.45) is 3.79. The fourth-order valence-electron chi connectivity index (χ4n) is 4.70. The molecule has 1 aliphatic rings. The number of thioether (sulfide) groups is 1. The second-order valence-electron chi connectivity index (χ2n) is 9.55. The normalized spacial score (nSPS) is 14.0. The van der Waals surface area contributed by atoms with E-state index in [4.69, 9.17) is 4.99 Å². The molecule has 0 unspecified atom stereocenters. The van der Waals surface area contributed by atoms with E-state index in [1.807, 2.05) is 60.9 Å². The van der Waals surface area contributed by atoms with Crippen LogP contribution < -0.4 is 15.9 Å². The van der Waals surface area contributed by atoms with E-state index in [2.05, 4.69) is 10.4 Å². The van der Waals surface area contributed by atoms with E-state index < -0.39 is 5.91 Å². The van der Waals surface area contributed by atoms with Crippen LogP contribution in [0.15, 0.2) is 124 Å². The lowest BCUT2D eigenvalue weighted by molar-refractivity contribution is -0.113. The van der Waals surface area contributed by atoms with Gasteiger partial charge in [0, 0.05) is 16.0 Å². The molecule has 4 aromatic carbocycles. The smallest absolute Gasteiger partial charge is 0.267 e. The summed E-state index contributed by atoms with van der Waals surface area (Å²) >= 11 is 1.65. The molecule has 0 saturated heterocycles. The minimum absolute atomic E-state index is 0.274. The van der Waals surface area contributed by atoms with Crippen LogP contribution in [-0.2, 0) is 4.79 Å². The van der Waals surface area contributed by atoms with Gasteiger partial charge in [0.15, 0.2) is 0 Å². The molecule has 1 N–H and O–H groups in total. The van der Waals surface area contributed by atoms with Crippen molar-refractivity contribution >= 4 is 52.1 Å². The van der Waals surface area contributed by atoms with Gasteiger partial charge in [-0.1, -0.05) is 54.6 Å². The summed E-state index contributed by atoms with van der Waals surface area (Å²) in [5.74, 6) is 0.0962. The summed E-state index contributed by atoms with van der Waals surface area (Å²) in [4.78, 5) is 51.6. The Morgan fingerprint density at radius 1 is 0.857 bits per heavy atom. The quantitative estimate of drug-likeness (QED) is 0.210. The zero-order valence-electron chi connectivity index (χ0n) is 22.8. The monoisotopic (exact) mass is 571 g/mol. The summed E-state index contributed by atoms with van der Waals surface area (Å²) in [5.41, 5.74) is 5.68. The van der Waals surface area contributed by atoms with Crippen molar-refractivity contribution in [2.24, 2.45) is 4.99 Å². The Kier molecular flexibility index (Phi) is 7.24. The van der Waals surface area contributed by atoms with Gasteiger partial charge in [-0.3, -0.25) is 24.7 Å². The number of nitrogens with zero attached hydrogens (tertiary/aromatic N) is 4. The number of aromatic nitrogens is 2. The largest absolute Gasteiger partial charge is 0.282 e.